The Morgan fingerprint density at radius 1 is 1.45 bits per heavy atom. The summed E-state index contributed by atoms with van der Waals surface area (Å²) in [6.07, 6.45) is 2.44. The molecule has 2 rings (SSSR count). The Kier molecular flexibility index (Phi) is 4.96. The lowest BCUT2D eigenvalue weighted by atomic mass is 10.1. The minimum absolute atomic E-state index is 0.0319. The average molecular weight is 360 g/mol. The van der Waals surface area contributed by atoms with Crippen LogP contribution >= 0.6 is 27.5 Å². The fourth-order valence-electron chi connectivity index (χ4n) is 1.66. The van der Waals surface area contributed by atoms with Gasteiger partial charge in [-0.25, -0.2) is 9.37 Å². The van der Waals surface area contributed by atoms with Crippen molar-refractivity contribution in [1.29, 1.82) is 0 Å². The van der Waals surface area contributed by atoms with Crippen molar-refractivity contribution in [2.24, 2.45) is 5.73 Å². The molecule has 1 unspecified atom stereocenters. The lowest BCUT2D eigenvalue weighted by Crippen LogP contribution is -2.17. The van der Waals surface area contributed by atoms with Gasteiger partial charge < -0.3 is 10.5 Å². The van der Waals surface area contributed by atoms with Gasteiger partial charge in [0.2, 0.25) is 5.88 Å². The number of hydrogen-bond donors (Lipinski definition) is 1. The van der Waals surface area contributed by atoms with E-state index in [-0.39, 0.29) is 11.1 Å². The molecule has 2 aromatic rings. The summed E-state index contributed by atoms with van der Waals surface area (Å²) in [6.45, 7) is 1.93. The van der Waals surface area contributed by atoms with Gasteiger partial charge in [0.05, 0.1) is 9.50 Å². The Hall–Kier alpha value is -1.17. The van der Waals surface area contributed by atoms with Crippen molar-refractivity contribution >= 4 is 27.5 Å². The van der Waals surface area contributed by atoms with Gasteiger partial charge in [0.15, 0.2) is 0 Å². The zero-order chi connectivity index (χ0) is 14.7. The van der Waals surface area contributed by atoms with E-state index in [1.165, 1.54) is 12.1 Å². The maximum absolute atomic E-state index is 13.4. The summed E-state index contributed by atoms with van der Waals surface area (Å²) >= 11 is 8.94. The molecule has 0 saturated carbocycles. The second kappa shape index (κ2) is 6.52. The zero-order valence-corrected chi connectivity index (χ0v) is 13.1. The van der Waals surface area contributed by atoms with E-state index in [0.717, 1.165) is 12.0 Å². The van der Waals surface area contributed by atoms with Gasteiger partial charge in [0.25, 0.3) is 0 Å². The zero-order valence-electron chi connectivity index (χ0n) is 10.7. The monoisotopic (exact) mass is 358 g/mol. The van der Waals surface area contributed by atoms with Gasteiger partial charge in [-0.1, -0.05) is 17.7 Å². The van der Waals surface area contributed by atoms with Crippen LogP contribution in [-0.2, 0) is 6.42 Å². The molecule has 0 aliphatic heterocycles. The minimum Gasteiger partial charge on any atom is -0.438 e. The molecule has 20 heavy (non-hydrogen) atoms. The predicted octanol–water partition coefficient (Wildman–Crippen LogP) is 4.32. The van der Waals surface area contributed by atoms with E-state index < -0.39 is 5.82 Å². The molecular weight excluding hydrogens is 347 g/mol. The van der Waals surface area contributed by atoms with Crippen molar-refractivity contribution in [3.8, 4) is 11.6 Å². The Balaban J connectivity index is 2.16. The molecule has 0 aliphatic rings. The molecule has 1 aromatic carbocycles. The van der Waals surface area contributed by atoms with E-state index in [4.69, 9.17) is 22.1 Å². The molecule has 1 heterocycles. The third-order valence-corrected chi connectivity index (χ3v) is 3.45. The quantitative estimate of drug-likeness (QED) is 0.827. The molecule has 0 radical (unpaired) electrons. The first-order valence-electron chi connectivity index (χ1n) is 5.98. The molecule has 3 nitrogen and oxygen atoms in total. The Labute approximate surface area is 130 Å². The van der Waals surface area contributed by atoms with Crippen LogP contribution in [0.1, 0.15) is 12.5 Å². The van der Waals surface area contributed by atoms with E-state index in [2.05, 4.69) is 20.9 Å². The molecule has 0 amide bonds. The predicted molar refractivity (Wildman–Crippen MR) is 80.8 cm³/mol. The number of ether oxygens (including phenoxy) is 1. The summed E-state index contributed by atoms with van der Waals surface area (Å²) in [7, 11) is 0. The number of nitrogens with zero attached hydrogens (tertiary/aromatic N) is 1. The molecule has 0 saturated heterocycles. The van der Waals surface area contributed by atoms with E-state index in [0.29, 0.717) is 16.1 Å². The second-order valence-electron chi connectivity index (χ2n) is 4.48. The third kappa shape index (κ3) is 3.91. The second-order valence-corrected chi connectivity index (χ2v) is 5.75. The fraction of sp³-hybridized carbons (Fsp3) is 0.214. The van der Waals surface area contributed by atoms with Crippen LogP contribution in [0.25, 0.3) is 0 Å². The number of aromatic nitrogens is 1. The molecule has 0 bridgehead atoms. The van der Waals surface area contributed by atoms with E-state index in [1.807, 2.05) is 13.0 Å². The highest BCUT2D eigenvalue weighted by molar-refractivity contribution is 9.10. The van der Waals surface area contributed by atoms with Crippen molar-refractivity contribution in [2.75, 3.05) is 0 Å². The number of halogens is 3. The van der Waals surface area contributed by atoms with Crippen LogP contribution < -0.4 is 10.5 Å². The highest BCUT2D eigenvalue weighted by Gasteiger charge is 2.09. The van der Waals surface area contributed by atoms with Crippen LogP contribution in [0.3, 0.4) is 0 Å². The Morgan fingerprint density at radius 3 is 2.80 bits per heavy atom. The molecule has 1 aromatic heterocycles. The number of hydrogen-bond acceptors (Lipinski definition) is 3. The molecule has 1 atom stereocenters. The summed E-state index contributed by atoms with van der Waals surface area (Å²) in [6, 6.07) is 6.33. The van der Waals surface area contributed by atoms with Crippen LogP contribution in [-0.4, -0.2) is 11.0 Å². The van der Waals surface area contributed by atoms with Crippen LogP contribution in [0.4, 0.5) is 4.39 Å². The van der Waals surface area contributed by atoms with Crippen molar-refractivity contribution in [3.63, 3.8) is 0 Å². The molecule has 0 spiro atoms. The molecule has 2 N–H and O–H groups in total. The van der Waals surface area contributed by atoms with Gasteiger partial charge in [0, 0.05) is 24.4 Å². The third-order valence-electron chi connectivity index (χ3n) is 2.54. The minimum atomic E-state index is -0.543. The maximum Gasteiger partial charge on any atom is 0.219 e. The van der Waals surface area contributed by atoms with Crippen molar-refractivity contribution in [1.82, 2.24) is 4.98 Å². The Morgan fingerprint density at radius 2 is 2.20 bits per heavy atom. The first-order chi connectivity index (χ1) is 9.45. The smallest absolute Gasteiger partial charge is 0.219 e. The maximum atomic E-state index is 13.4. The first-order valence-corrected chi connectivity index (χ1v) is 7.15. The van der Waals surface area contributed by atoms with Gasteiger partial charge >= 0.3 is 0 Å². The first kappa shape index (κ1) is 15.2. The lowest BCUT2D eigenvalue weighted by molar-refractivity contribution is 0.454. The number of rotatable bonds is 4. The van der Waals surface area contributed by atoms with Gasteiger partial charge in [-0.15, -0.1) is 0 Å². The van der Waals surface area contributed by atoms with Gasteiger partial charge in [0.1, 0.15) is 11.6 Å². The highest BCUT2D eigenvalue weighted by atomic mass is 79.9. The topological polar surface area (TPSA) is 48.1 Å². The summed E-state index contributed by atoms with van der Waals surface area (Å²) in [4.78, 5) is 4.17. The van der Waals surface area contributed by atoms with Crippen molar-refractivity contribution in [2.45, 2.75) is 19.4 Å². The van der Waals surface area contributed by atoms with Gasteiger partial charge in [-0.3, -0.25) is 0 Å². The molecule has 6 heteroatoms. The molecule has 0 fully saturated rings. The van der Waals surface area contributed by atoms with Gasteiger partial charge in [-0.05, 0) is 40.9 Å². The summed E-state index contributed by atoms with van der Waals surface area (Å²) in [5, 5.41) is 0.0319. The van der Waals surface area contributed by atoms with Crippen LogP contribution in [0.2, 0.25) is 5.02 Å². The summed E-state index contributed by atoms with van der Waals surface area (Å²) in [5.74, 6) is 0.152. The van der Waals surface area contributed by atoms with E-state index in [9.17, 15) is 4.39 Å². The van der Waals surface area contributed by atoms with Crippen LogP contribution in [0.5, 0.6) is 11.6 Å². The largest absolute Gasteiger partial charge is 0.438 e. The standard InChI is InChI=1S/C14H13BrClFN2O/c1-8(18)4-9-2-3-14(19-7-9)20-13-6-12(17)11(16)5-10(13)15/h2-3,5-8H,4,18H2,1H3. The summed E-state index contributed by atoms with van der Waals surface area (Å²) < 4.78 is 19.5. The lowest BCUT2D eigenvalue weighted by Gasteiger charge is -2.09. The van der Waals surface area contributed by atoms with Crippen LogP contribution in [0.15, 0.2) is 34.9 Å². The molecular formula is C14H13BrClFN2O. The average Bonchev–Trinajstić information content (AvgIpc) is 2.37. The number of nitrogens with two attached hydrogens (primary N) is 1. The van der Waals surface area contributed by atoms with Gasteiger partial charge in [-0.2, -0.15) is 0 Å². The Bertz CT molecular complexity index is 605. The number of benzene rings is 1. The highest BCUT2D eigenvalue weighted by Crippen LogP contribution is 2.33. The molecule has 106 valence electrons. The summed E-state index contributed by atoms with van der Waals surface area (Å²) in [5.41, 5.74) is 6.74. The van der Waals surface area contributed by atoms with Crippen LogP contribution in [0, 0.1) is 5.82 Å². The SMILES string of the molecule is CC(N)Cc1ccc(Oc2cc(F)c(Cl)cc2Br)nc1. The normalized spacial score (nSPS) is 12.2. The van der Waals surface area contributed by atoms with Crippen molar-refractivity contribution < 1.29 is 9.13 Å². The molecule has 0 aliphatic carbocycles. The number of pyridine rings is 1. The fourth-order valence-corrected chi connectivity index (χ4v) is 2.38. The van der Waals surface area contributed by atoms with Crippen molar-refractivity contribution in [3.05, 3.63) is 51.3 Å². The van der Waals surface area contributed by atoms with E-state index >= 15 is 0 Å². The van der Waals surface area contributed by atoms with E-state index in [1.54, 1.807) is 12.3 Å².